The van der Waals surface area contributed by atoms with Gasteiger partial charge >= 0.3 is 5.97 Å². The van der Waals surface area contributed by atoms with E-state index in [-0.39, 0.29) is 25.0 Å². The van der Waals surface area contributed by atoms with Crippen molar-refractivity contribution < 1.29 is 14.3 Å². The van der Waals surface area contributed by atoms with E-state index in [0.29, 0.717) is 6.54 Å². The molecule has 7 nitrogen and oxygen atoms in total. The van der Waals surface area contributed by atoms with Crippen molar-refractivity contribution in [3.05, 3.63) is 54.5 Å². The average Bonchev–Trinajstić information content (AvgIpc) is 2.72. The fourth-order valence-corrected chi connectivity index (χ4v) is 2.95. The molecule has 2 aromatic rings. The lowest BCUT2D eigenvalue weighted by atomic mass is 9.97. The van der Waals surface area contributed by atoms with E-state index in [4.69, 9.17) is 4.74 Å². The summed E-state index contributed by atoms with van der Waals surface area (Å²) in [7, 11) is 0. The van der Waals surface area contributed by atoms with Gasteiger partial charge in [-0.1, -0.05) is 30.3 Å². The van der Waals surface area contributed by atoms with Crippen molar-refractivity contribution in [2.24, 2.45) is 5.92 Å². The average molecular weight is 354 g/mol. The fourth-order valence-electron chi connectivity index (χ4n) is 2.95. The number of nitrogens with zero attached hydrogens (tertiary/aromatic N) is 3. The molecule has 1 N–H and O–H groups in total. The van der Waals surface area contributed by atoms with Crippen molar-refractivity contribution in [1.29, 1.82) is 0 Å². The fraction of sp³-hybridized carbons (Fsp3) is 0.368. The largest absolute Gasteiger partial charge is 0.460 e. The first kappa shape index (κ1) is 17.8. The van der Waals surface area contributed by atoms with Gasteiger partial charge in [-0.3, -0.25) is 14.6 Å². The maximum Gasteiger partial charge on any atom is 0.325 e. The highest BCUT2D eigenvalue weighted by atomic mass is 16.5. The molecule has 1 saturated heterocycles. The van der Waals surface area contributed by atoms with E-state index in [2.05, 4.69) is 20.2 Å². The Kier molecular flexibility index (Phi) is 6.14. The van der Waals surface area contributed by atoms with Gasteiger partial charge in [0.1, 0.15) is 19.0 Å². The highest BCUT2D eigenvalue weighted by Crippen LogP contribution is 2.20. The Bertz CT molecular complexity index is 724. The van der Waals surface area contributed by atoms with Crippen LogP contribution in [0.15, 0.2) is 48.9 Å². The van der Waals surface area contributed by atoms with Crippen molar-refractivity contribution in [3.63, 3.8) is 0 Å². The predicted molar refractivity (Wildman–Crippen MR) is 96.2 cm³/mol. The molecule has 1 aromatic carbocycles. The SMILES string of the molecule is O=C(CNC(=O)[C@@H]1CCCN(c2cnccn2)C1)OCc1ccccc1. The van der Waals surface area contributed by atoms with Gasteiger partial charge in [0, 0.05) is 25.5 Å². The molecule has 1 atom stereocenters. The van der Waals surface area contributed by atoms with Crippen molar-refractivity contribution in [3.8, 4) is 0 Å². The van der Waals surface area contributed by atoms with Crippen LogP contribution in [0.25, 0.3) is 0 Å². The summed E-state index contributed by atoms with van der Waals surface area (Å²) >= 11 is 0. The third-order valence-corrected chi connectivity index (χ3v) is 4.32. The molecule has 0 unspecified atom stereocenters. The predicted octanol–water partition coefficient (Wildman–Crippen LogP) is 1.55. The zero-order valence-corrected chi connectivity index (χ0v) is 14.5. The van der Waals surface area contributed by atoms with Gasteiger partial charge < -0.3 is 15.0 Å². The third kappa shape index (κ3) is 5.02. The molecule has 0 radical (unpaired) electrons. The summed E-state index contributed by atoms with van der Waals surface area (Å²) in [6.07, 6.45) is 6.65. The highest BCUT2D eigenvalue weighted by molar-refractivity contribution is 5.84. The van der Waals surface area contributed by atoms with Crippen LogP contribution in [0.1, 0.15) is 18.4 Å². The van der Waals surface area contributed by atoms with Gasteiger partial charge in [0.15, 0.2) is 0 Å². The number of amides is 1. The molecule has 1 fully saturated rings. The van der Waals surface area contributed by atoms with Crippen LogP contribution in [0, 0.1) is 5.92 Å². The lowest BCUT2D eigenvalue weighted by Crippen LogP contribution is -2.44. The molecule has 3 rings (SSSR count). The van der Waals surface area contributed by atoms with Crippen molar-refractivity contribution >= 4 is 17.7 Å². The number of ether oxygens (including phenoxy) is 1. The van der Waals surface area contributed by atoms with E-state index < -0.39 is 5.97 Å². The molecule has 0 saturated carbocycles. The van der Waals surface area contributed by atoms with Gasteiger partial charge in [0.25, 0.3) is 0 Å². The Morgan fingerprint density at radius 3 is 2.85 bits per heavy atom. The number of rotatable bonds is 6. The number of anilines is 1. The molecule has 1 aromatic heterocycles. The van der Waals surface area contributed by atoms with Crippen LogP contribution in [-0.4, -0.2) is 41.5 Å². The molecule has 26 heavy (non-hydrogen) atoms. The molecule has 0 spiro atoms. The molecule has 2 heterocycles. The molecule has 7 heteroatoms. The summed E-state index contributed by atoms with van der Waals surface area (Å²) in [4.78, 5) is 34.6. The van der Waals surface area contributed by atoms with E-state index in [1.165, 1.54) is 0 Å². The van der Waals surface area contributed by atoms with Crippen molar-refractivity contribution in [1.82, 2.24) is 15.3 Å². The zero-order chi connectivity index (χ0) is 18.2. The minimum absolute atomic E-state index is 0.118. The topological polar surface area (TPSA) is 84.4 Å². The van der Waals surface area contributed by atoms with E-state index in [1.807, 2.05) is 30.3 Å². The van der Waals surface area contributed by atoms with Gasteiger partial charge in [0.05, 0.1) is 12.1 Å². The minimum atomic E-state index is -0.441. The summed E-state index contributed by atoms with van der Waals surface area (Å²) in [5.74, 6) is 0.0268. The molecule has 0 aliphatic carbocycles. The van der Waals surface area contributed by atoms with Crippen molar-refractivity contribution in [2.45, 2.75) is 19.4 Å². The normalized spacial score (nSPS) is 16.8. The van der Waals surface area contributed by atoms with Gasteiger partial charge in [-0.15, -0.1) is 0 Å². The summed E-state index contributed by atoms with van der Waals surface area (Å²) in [5, 5.41) is 2.68. The number of benzene rings is 1. The van der Waals surface area contributed by atoms with Crippen molar-refractivity contribution in [2.75, 3.05) is 24.5 Å². The first-order valence-corrected chi connectivity index (χ1v) is 8.70. The van der Waals surface area contributed by atoms with Crippen LogP contribution in [0.2, 0.25) is 0 Å². The Morgan fingerprint density at radius 2 is 2.08 bits per heavy atom. The highest BCUT2D eigenvalue weighted by Gasteiger charge is 2.26. The first-order chi connectivity index (χ1) is 12.7. The number of piperidine rings is 1. The molecule has 0 bridgehead atoms. The zero-order valence-electron chi connectivity index (χ0n) is 14.5. The minimum Gasteiger partial charge on any atom is -0.460 e. The van der Waals surface area contributed by atoms with E-state index >= 15 is 0 Å². The smallest absolute Gasteiger partial charge is 0.325 e. The first-order valence-electron chi connectivity index (χ1n) is 8.70. The monoisotopic (exact) mass is 354 g/mol. The molecule has 1 aliphatic heterocycles. The van der Waals surface area contributed by atoms with Gasteiger partial charge in [-0.25, -0.2) is 4.98 Å². The number of aromatic nitrogens is 2. The van der Waals surface area contributed by atoms with Crippen LogP contribution in [0.5, 0.6) is 0 Å². The van der Waals surface area contributed by atoms with Crippen LogP contribution < -0.4 is 10.2 Å². The van der Waals surface area contributed by atoms with E-state index in [9.17, 15) is 9.59 Å². The number of hydrogen-bond donors (Lipinski definition) is 1. The van der Waals surface area contributed by atoms with Crippen LogP contribution in [0.4, 0.5) is 5.82 Å². The summed E-state index contributed by atoms with van der Waals surface area (Å²) < 4.78 is 5.17. The Labute approximate surface area is 152 Å². The second kappa shape index (κ2) is 8.94. The molecule has 136 valence electrons. The van der Waals surface area contributed by atoms with E-state index in [1.54, 1.807) is 18.6 Å². The van der Waals surface area contributed by atoms with Gasteiger partial charge in [0.2, 0.25) is 5.91 Å². The molecule has 1 amide bonds. The number of hydrogen-bond acceptors (Lipinski definition) is 6. The summed E-state index contributed by atoms with van der Waals surface area (Å²) in [6.45, 7) is 1.51. The Hall–Kier alpha value is -2.96. The quantitative estimate of drug-likeness (QED) is 0.793. The molecular formula is C19H22N4O3. The number of carbonyl (C=O) groups excluding carboxylic acids is 2. The van der Waals surface area contributed by atoms with Crippen LogP contribution >= 0.6 is 0 Å². The number of esters is 1. The van der Waals surface area contributed by atoms with Crippen LogP contribution in [0.3, 0.4) is 0 Å². The number of carbonyl (C=O) groups is 2. The maximum atomic E-state index is 12.4. The maximum absolute atomic E-state index is 12.4. The Balaban J connectivity index is 1.43. The molecule has 1 aliphatic rings. The lowest BCUT2D eigenvalue weighted by Gasteiger charge is -2.32. The lowest BCUT2D eigenvalue weighted by molar-refractivity contribution is -0.145. The number of nitrogens with one attached hydrogen (secondary N) is 1. The van der Waals surface area contributed by atoms with Crippen LogP contribution in [-0.2, 0) is 20.9 Å². The third-order valence-electron chi connectivity index (χ3n) is 4.32. The summed E-state index contributed by atoms with van der Waals surface area (Å²) in [5.41, 5.74) is 0.916. The second-order valence-electron chi connectivity index (χ2n) is 6.21. The second-order valence-corrected chi connectivity index (χ2v) is 6.21. The standard InChI is InChI=1S/C19H22N4O3/c24-18(26-14-15-5-2-1-3-6-15)12-22-19(25)16-7-4-10-23(13-16)17-11-20-8-9-21-17/h1-3,5-6,8-9,11,16H,4,7,10,12-14H2,(H,22,25)/t16-/m1/s1. The van der Waals surface area contributed by atoms with Gasteiger partial charge in [-0.05, 0) is 18.4 Å². The Morgan fingerprint density at radius 1 is 1.23 bits per heavy atom. The summed E-state index contributed by atoms with van der Waals surface area (Å²) in [6, 6.07) is 9.44. The molecular weight excluding hydrogens is 332 g/mol. The van der Waals surface area contributed by atoms with E-state index in [0.717, 1.165) is 30.8 Å². The van der Waals surface area contributed by atoms with Gasteiger partial charge in [-0.2, -0.15) is 0 Å².